The van der Waals surface area contributed by atoms with Crippen LogP contribution in [-0.2, 0) is 7.05 Å². The molecule has 3 N–H and O–H groups in total. The van der Waals surface area contributed by atoms with Crippen LogP contribution in [0.15, 0.2) is 42.2 Å². The summed E-state index contributed by atoms with van der Waals surface area (Å²) in [6, 6.07) is 10.9. The second kappa shape index (κ2) is 8.50. The van der Waals surface area contributed by atoms with E-state index in [4.69, 9.17) is 15.2 Å². The Morgan fingerprint density at radius 1 is 1.15 bits per heavy atom. The fraction of sp³-hybridized carbons (Fsp3) is 0.231. The van der Waals surface area contributed by atoms with E-state index in [2.05, 4.69) is 10.1 Å². The number of methoxy groups -OCH3 is 1. The Labute approximate surface area is 192 Å². The predicted octanol–water partition coefficient (Wildman–Crippen LogP) is 5.42. The molecule has 0 fully saturated rings. The van der Waals surface area contributed by atoms with Crippen molar-refractivity contribution in [3.8, 4) is 22.8 Å². The lowest BCUT2D eigenvalue weighted by Gasteiger charge is -2.04. The molecule has 0 amide bonds. The molecule has 33 heavy (non-hydrogen) atoms. The van der Waals surface area contributed by atoms with Crippen molar-refractivity contribution in [2.24, 2.45) is 7.05 Å². The molecule has 0 radical (unpaired) electrons. The van der Waals surface area contributed by atoms with Crippen molar-refractivity contribution in [1.29, 1.82) is 0 Å². The van der Waals surface area contributed by atoms with Gasteiger partial charge in [-0.25, -0.2) is 0 Å². The number of ketones is 1. The number of anilines is 1. The monoisotopic (exact) mass is 444 g/mol. The van der Waals surface area contributed by atoms with Gasteiger partial charge in [0.1, 0.15) is 11.5 Å². The van der Waals surface area contributed by atoms with Crippen molar-refractivity contribution in [2.75, 3.05) is 12.8 Å². The summed E-state index contributed by atoms with van der Waals surface area (Å²) in [5, 5.41) is 5.49. The number of aromatic amines is 1. The van der Waals surface area contributed by atoms with Crippen LogP contribution >= 0.6 is 0 Å². The summed E-state index contributed by atoms with van der Waals surface area (Å²) >= 11 is 0. The van der Waals surface area contributed by atoms with Gasteiger partial charge in [-0.2, -0.15) is 5.10 Å². The van der Waals surface area contributed by atoms with Crippen molar-refractivity contribution in [1.82, 2.24) is 14.8 Å². The number of aryl methyl sites for hydroxylation is 2. The fourth-order valence-corrected chi connectivity index (χ4v) is 4.14. The van der Waals surface area contributed by atoms with Crippen molar-refractivity contribution in [2.45, 2.75) is 27.7 Å². The maximum Gasteiger partial charge on any atom is 0.232 e. The SMILES string of the molecule is CC.COc1ccc2[nH]c(-c3c(C)nn(C)c3C)c(/C=C3\Oc4ccc(N)cc4C3=O)c2c1. The second-order valence-corrected chi connectivity index (χ2v) is 7.69. The average molecular weight is 445 g/mol. The van der Waals surface area contributed by atoms with Gasteiger partial charge in [0, 0.05) is 40.5 Å². The highest BCUT2D eigenvalue weighted by Crippen LogP contribution is 2.39. The standard InChI is InChI=1S/C24H22N4O3.C2H6/c1-12-22(13(2)28(3)27-12)23-17(16-10-15(30-4)6-7-19(16)26-23)11-21-24(29)18-9-14(25)5-8-20(18)31-21;1-2/h5-11,26H,25H2,1-4H3;1-2H3/b21-11-;. The minimum Gasteiger partial charge on any atom is -0.497 e. The lowest BCUT2D eigenvalue weighted by atomic mass is 10.0. The van der Waals surface area contributed by atoms with E-state index in [0.717, 1.165) is 44.9 Å². The van der Waals surface area contributed by atoms with Gasteiger partial charge >= 0.3 is 0 Å². The molecule has 0 atom stereocenters. The molecule has 0 saturated carbocycles. The van der Waals surface area contributed by atoms with Gasteiger partial charge in [0.25, 0.3) is 0 Å². The van der Waals surface area contributed by atoms with Crippen molar-refractivity contribution < 1.29 is 14.3 Å². The highest BCUT2D eigenvalue weighted by Gasteiger charge is 2.29. The number of benzene rings is 2. The van der Waals surface area contributed by atoms with Gasteiger partial charge < -0.3 is 20.2 Å². The molecule has 4 aromatic rings. The zero-order valence-corrected chi connectivity index (χ0v) is 19.7. The summed E-state index contributed by atoms with van der Waals surface area (Å²) in [7, 11) is 3.55. The average Bonchev–Trinajstić information content (AvgIpc) is 3.41. The Hall–Kier alpha value is -4.00. The molecule has 0 spiro atoms. The molecule has 0 unspecified atom stereocenters. The highest BCUT2D eigenvalue weighted by atomic mass is 16.5. The molecule has 2 aromatic heterocycles. The molecule has 170 valence electrons. The molecule has 1 aliphatic heterocycles. The highest BCUT2D eigenvalue weighted by molar-refractivity contribution is 6.16. The Morgan fingerprint density at radius 2 is 1.91 bits per heavy atom. The molecular formula is C26H28N4O3. The maximum absolute atomic E-state index is 13.0. The van der Waals surface area contributed by atoms with Crippen LogP contribution in [0.2, 0.25) is 0 Å². The number of nitrogens with two attached hydrogens (primary N) is 1. The molecule has 1 aliphatic rings. The van der Waals surface area contributed by atoms with Crippen LogP contribution in [0.4, 0.5) is 5.69 Å². The zero-order valence-electron chi connectivity index (χ0n) is 19.7. The molecule has 5 rings (SSSR count). The molecule has 0 aliphatic carbocycles. The number of nitrogens with one attached hydrogen (secondary N) is 1. The number of Topliss-reactive ketones (excluding diaryl/α,β-unsaturated/α-hetero) is 1. The van der Waals surface area contributed by atoms with Crippen LogP contribution in [0.3, 0.4) is 0 Å². The number of carbonyl (C=O) groups is 1. The van der Waals surface area contributed by atoms with E-state index in [9.17, 15) is 4.79 Å². The quantitative estimate of drug-likeness (QED) is 0.325. The minimum atomic E-state index is -0.190. The van der Waals surface area contributed by atoms with Crippen LogP contribution in [-0.4, -0.2) is 27.7 Å². The summed E-state index contributed by atoms with van der Waals surface area (Å²) in [6.07, 6.45) is 1.79. The molecule has 2 aromatic carbocycles. The summed E-state index contributed by atoms with van der Waals surface area (Å²) in [6.45, 7) is 8.00. The second-order valence-electron chi connectivity index (χ2n) is 7.69. The number of nitrogens with zero attached hydrogens (tertiary/aromatic N) is 2. The Balaban J connectivity index is 0.00000126. The zero-order chi connectivity index (χ0) is 23.9. The number of nitrogen functional groups attached to an aromatic ring is 1. The molecule has 7 heteroatoms. The number of hydrogen-bond donors (Lipinski definition) is 2. The molecule has 0 saturated heterocycles. The number of rotatable bonds is 3. The number of aromatic nitrogens is 3. The first kappa shape index (κ1) is 22.2. The molecular weight excluding hydrogens is 416 g/mol. The van der Waals surface area contributed by atoms with Gasteiger partial charge in [-0.05, 0) is 56.3 Å². The third kappa shape index (κ3) is 3.65. The first-order chi connectivity index (χ1) is 15.9. The normalized spacial score (nSPS) is 13.6. The van der Waals surface area contributed by atoms with Crippen LogP contribution < -0.4 is 15.2 Å². The van der Waals surface area contributed by atoms with Gasteiger partial charge in [-0.1, -0.05) is 13.8 Å². The van der Waals surface area contributed by atoms with Crippen LogP contribution in [0.5, 0.6) is 11.5 Å². The summed E-state index contributed by atoms with van der Waals surface area (Å²) in [4.78, 5) is 16.5. The third-order valence-corrected chi connectivity index (χ3v) is 5.77. The van der Waals surface area contributed by atoms with Crippen molar-refractivity contribution >= 4 is 28.4 Å². The van der Waals surface area contributed by atoms with E-state index in [0.29, 0.717) is 17.0 Å². The smallest absolute Gasteiger partial charge is 0.232 e. The lowest BCUT2D eigenvalue weighted by Crippen LogP contribution is -1.99. The summed E-state index contributed by atoms with van der Waals surface area (Å²) in [5.41, 5.74) is 12.4. The number of ether oxygens (including phenoxy) is 2. The van der Waals surface area contributed by atoms with Gasteiger partial charge in [-0.15, -0.1) is 0 Å². The Morgan fingerprint density at radius 3 is 2.58 bits per heavy atom. The third-order valence-electron chi connectivity index (χ3n) is 5.77. The van der Waals surface area contributed by atoms with Crippen LogP contribution in [0.25, 0.3) is 28.2 Å². The summed E-state index contributed by atoms with van der Waals surface area (Å²) in [5.74, 6) is 1.31. The van der Waals surface area contributed by atoms with Gasteiger partial charge in [0.15, 0.2) is 5.76 Å². The fourth-order valence-electron chi connectivity index (χ4n) is 4.14. The van der Waals surface area contributed by atoms with E-state index < -0.39 is 0 Å². The van der Waals surface area contributed by atoms with Crippen molar-refractivity contribution in [3.05, 3.63) is 64.7 Å². The van der Waals surface area contributed by atoms with E-state index in [1.54, 1.807) is 31.4 Å². The largest absolute Gasteiger partial charge is 0.497 e. The minimum absolute atomic E-state index is 0.190. The number of fused-ring (bicyclic) bond motifs is 2. The van der Waals surface area contributed by atoms with Crippen LogP contribution in [0, 0.1) is 13.8 Å². The van der Waals surface area contributed by atoms with E-state index in [1.165, 1.54) is 0 Å². The number of allylic oxidation sites excluding steroid dienone is 1. The van der Waals surface area contributed by atoms with Gasteiger partial charge in [-0.3, -0.25) is 9.48 Å². The first-order valence-corrected chi connectivity index (χ1v) is 10.9. The van der Waals surface area contributed by atoms with Crippen LogP contribution in [0.1, 0.15) is 41.2 Å². The summed E-state index contributed by atoms with van der Waals surface area (Å²) < 4.78 is 13.2. The number of H-pyrrole nitrogens is 1. The van der Waals surface area contributed by atoms with Gasteiger partial charge in [0.2, 0.25) is 5.78 Å². The number of hydrogen-bond acceptors (Lipinski definition) is 5. The molecule has 3 heterocycles. The topological polar surface area (TPSA) is 95.2 Å². The van der Waals surface area contributed by atoms with E-state index in [-0.39, 0.29) is 11.5 Å². The predicted molar refractivity (Wildman–Crippen MR) is 132 cm³/mol. The van der Waals surface area contributed by atoms with Gasteiger partial charge in [0.05, 0.1) is 24.1 Å². The maximum atomic E-state index is 13.0. The Kier molecular flexibility index (Phi) is 5.72. The first-order valence-electron chi connectivity index (χ1n) is 10.9. The number of carbonyl (C=O) groups excluding carboxylic acids is 1. The molecule has 7 nitrogen and oxygen atoms in total. The van der Waals surface area contributed by atoms with E-state index in [1.807, 2.05) is 57.6 Å². The molecule has 0 bridgehead atoms. The lowest BCUT2D eigenvalue weighted by molar-refractivity contribution is 0.101. The Bertz CT molecular complexity index is 1410. The van der Waals surface area contributed by atoms with Crippen molar-refractivity contribution in [3.63, 3.8) is 0 Å². The van der Waals surface area contributed by atoms with E-state index >= 15 is 0 Å².